The maximum Gasteiger partial charge on any atom is 0.289 e. The Morgan fingerprint density at radius 2 is 2.04 bits per heavy atom. The fourth-order valence-electron chi connectivity index (χ4n) is 2.02. The minimum Gasteiger partial charge on any atom is -0.349 e. The number of imide groups is 1. The summed E-state index contributed by atoms with van der Waals surface area (Å²) in [4.78, 5) is 36.9. The van der Waals surface area contributed by atoms with Crippen molar-refractivity contribution >= 4 is 28.8 Å². The van der Waals surface area contributed by atoms with Crippen molar-refractivity contribution in [1.82, 2.24) is 10.2 Å². The molecular weight excluding hydrogens is 312 g/mol. The third-order valence-corrected chi connectivity index (χ3v) is 4.88. The first-order chi connectivity index (χ1) is 10.7. The van der Waals surface area contributed by atoms with E-state index in [1.165, 1.54) is 4.90 Å². The van der Waals surface area contributed by atoms with E-state index >= 15 is 0 Å². The van der Waals surface area contributed by atoms with Crippen molar-refractivity contribution in [2.24, 2.45) is 5.41 Å². The molecule has 0 aromatic heterocycles. The molecule has 1 saturated heterocycles. The second-order valence-electron chi connectivity index (χ2n) is 6.80. The molecule has 1 heterocycles. The number of hydrogen-bond acceptors (Lipinski definition) is 4. The number of nitrogens with one attached hydrogen (secondary N) is 1. The molecular formula is C17H22N2O3S. The zero-order valence-corrected chi connectivity index (χ0v) is 14.7. The van der Waals surface area contributed by atoms with Gasteiger partial charge in [0.25, 0.3) is 11.1 Å². The average molecular weight is 334 g/mol. The van der Waals surface area contributed by atoms with Gasteiger partial charge in [-0.15, -0.1) is 0 Å². The molecule has 1 aliphatic heterocycles. The van der Waals surface area contributed by atoms with Crippen molar-refractivity contribution in [3.05, 3.63) is 35.4 Å². The number of carbonyl (C=O) groups is 3. The smallest absolute Gasteiger partial charge is 0.289 e. The van der Waals surface area contributed by atoms with Crippen LogP contribution >= 0.6 is 11.8 Å². The molecule has 6 heteroatoms. The first kappa shape index (κ1) is 17.5. The monoisotopic (exact) mass is 334 g/mol. The Bertz CT molecular complexity index is 621. The molecule has 124 valence electrons. The van der Waals surface area contributed by atoms with E-state index in [-0.39, 0.29) is 40.8 Å². The Labute approximate surface area is 140 Å². The maximum absolute atomic E-state index is 12.4. The fraction of sp³-hybridized carbons (Fsp3) is 0.471. The summed E-state index contributed by atoms with van der Waals surface area (Å²) < 4.78 is 0. The molecule has 0 spiro atoms. The SMILES string of the molecule is C[C@@H](NC(=O)c1cccc(CN2C(=O)CSC2=O)c1)C(C)(C)C. The van der Waals surface area contributed by atoms with Crippen LogP contribution in [0.5, 0.6) is 0 Å². The topological polar surface area (TPSA) is 66.5 Å². The fourth-order valence-corrected chi connectivity index (χ4v) is 2.75. The minimum absolute atomic E-state index is 0.0248. The van der Waals surface area contributed by atoms with Crippen molar-refractivity contribution in [2.45, 2.75) is 40.3 Å². The Kier molecular flexibility index (Phi) is 5.14. The lowest BCUT2D eigenvalue weighted by Crippen LogP contribution is -2.41. The molecule has 1 aromatic rings. The van der Waals surface area contributed by atoms with Gasteiger partial charge in [0.2, 0.25) is 5.91 Å². The predicted molar refractivity (Wildman–Crippen MR) is 91.2 cm³/mol. The number of hydrogen-bond donors (Lipinski definition) is 1. The van der Waals surface area contributed by atoms with Crippen LogP contribution in [0.15, 0.2) is 24.3 Å². The standard InChI is InChI=1S/C17H22N2O3S/c1-11(17(2,3)4)18-15(21)13-7-5-6-12(8-13)9-19-14(20)10-23-16(19)22/h5-8,11H,9-10H2,1-4H3,(H,18,21)/t11-/m1/s1. The summed E-state index contributed by atoms with van der Waals surface area (Å²) in [5.41, 5.74) is 1.27. The van der Waals surface area contributed by atoms with Gasteiger partial charge in [0.05, 0.1) is 12.3 Å². The number of thioether (sulfide) groups is 1. The van der Waals surface area contributed by atoms with Crippen LogP contribution in [0.1, 0.15) is 43.6 Å². The summed E-state index contributed by atoms with van der Waals surface area (Å²) in [5.74, 6) is -0.138. The molecule has 0 unspecified atom stereocenters. The van der Waals surface area contributed by atoms with Gasteiger partial charge < -0.3 is 5.32 Å². The van der Waals surface area contributed by atoms with Crippen molar-refractivity contribution in [3.8, 4) is 0 Å². The molecule has 0 aliphatic carbocycles. The number of rotatable bonds is 4. The highest BCUT2D eigenvalue weighted by Gasteiger charge is 2.30. The normalized spacial score (nSPS) is 16.6. The second kappa shape index (κ2) is 6.74. The van der Waals surface area contributed by atoms with Gasteiger partial charge in [0, 0.05) is 11.6 Å². The van der Waals surface area contributed by atoms with Crippen LogP contribution < -0.4 is 5.32 Å². The molecule has 5 nitrogen and oxygen atoms in total. The quantitative estimate of drug-likeness (QED) is 0.919. The number of amides is 3. The summed E-state index contributed by atoms with van der Waals surface area (Å²) in [6.45, 7) is 8.38. The van der Waals surface area contributed by atoms with Crippen LogP contribution in [-0.2, 0) is 11.3 Å². The largest absolute Gasteiger partial charge is 0.349 e. The number of carbonyl (C=O) groups excluding carboxylic acids is 3. The highest BCUT2D eigenvalue weighted by Crippen LogP contribution is 2.22. The van der Waals surface area contributed by atoms with E-state index < -0.39 is 0 Å². The maximum atomic E-state index is 12.4. The van der Waals surface area contributed by atoms with Gasteiger partial charge in [-0.2, -0.15) is 0 Å². The lowest BCUT2D eigenvalue weighted by atomic mass is 9.88. The van der Waals surface area contributed by atoms with Crippen molar-refractivity contribution in [2.75, 3.05) is 5.75 Å². The van der Waals surface area contributed by atoms with Crippen LogP contribution in [0, 0.1) is 5.41 Å². The molecule has 1 atom stereocenters. The summed E-state index contributed by atoms with van der Waals surface area (Å²) in [6, 6.07) is 7.07. The molecule has 1 aliphatic rings. The Morgan fingerprint density at radius 1 is 1.35 bits per heavy atom. The lowest BCUT2D eigenvalue weighted by Gasteiger charge is -2.28. The zero-order chi connectivity index (χ0) is 17.2. The Morgan fingerprint density at radius 3 is 2.61 bits per heavy atom. The third kappa shape index (κ3) is 4.34. The average Bonchev–Trinajstić information content (AvgIpc) is 2.78. The first-order valence-electron chi connectivity index (χ1n) is 7.55. The van der Waals surface area contributed by atoms with E-state index in [1.54, 1.807) is 18.2 Å². The van der Waals surface area contributed by atoms with Crippen molar-refractivity contribution in [1.29, 1.82) is 0 Å². The Hall–Kier alpha value is -1.82. The van der Waals surface area contributed by atoms with E-state index in [4.69, 9.17) is 0 Å². The molecule has 3 amide bonds. The molecule has 0 saturated carbocycles. The molecule has 1 fully saturated rings. The highest BCUT2D eigenvalue weighted by molar-refractivity contribution is 8.14. The molecule has 0 bridgehead atoms. The van der Waals surface area contributed by atoms with E-state index in [0.29, 0.717) is 5.56 Å². The zero-order valence-electron chi connectivity index (χ0n) is 13.9. The van der Waals surface area contributed by atoms with Crippen LogP contribution in [0.2, 0.25) is 0 Å². The number of nitrogens with zero attached hydrogens (tertiary/aromatic N) is 1. The molecule has 1 aromatic carbocycles. The van der Waals surface area contributed by atoms with Gasteiger partial charge in [0.1, 0.15) is 0 Å². The van der Waals surface area contributed by atoms with Crippen molar-refractivity contribution in [3.63, 3.8) is 0 Å². The number of benzene rings is 1. The highest BCUT2D eigenvalue weighted by atomic mass is 32.2. The predicted octanol–water partition coefficient (Wildman–Crippen LogP) is 3.05. The lowest BCUT2D eigenvalue weighted by molar-refractivity contribution is -0.125. The van der Waals surface area contributed by atoms with Gasteiger partial charge in [0.15, 0.2) is 0 Å². The molecule has 1 N–H and O–H groups in total. The van der Waals surface area contributed by atoms with E-state index in [0.717, 1.165) is 17.3 Å². The summed E-state index contributed by atoms with van der Waals surface area (Å²) >= 11 is 1.01. The Balaban J connectivity index is 2.09. The first-order valence-corrected chi connectivity index (χ1v) is 8.54. The van der Waals surface area contributed by atoms with Crippen LogP contribution in [-0.4, -0.2) is 33.7 Å². The van der Waals surface area contributed by atoms with Gasteiger partial charge in [-0.1, -0.05) is 44.7 Å². The van der Waals surface area contributed by atoms with Crippen LogP contribution in [0.4, 0.5) is 4.79 Å². The molecule has 2 rings (SSSR count). The minimum atomic E-state index is -0.230. The third-order valence-electron chi connectivity index (χ3n) is 4.02. The van der Waals surface area contributed by atoms with Gasteiger partial charge in [-0.25, -0.2) is 0 Å². The summed E-state index contributed by atoms with van der Waals surface area (Å²) in [7, 11) is 0. The van der Waals surface area contributed by atoms with Gasteiger partial charge in [-0.3, -0.25) is 19.3 Å². The molecule has 23 heavy (non-hydrogen) atoms. The van der Waals surface area contributed by atoms with E-state index in [1.807, 2.05) is 13.0 Å². The van der Waals surface area contributed by atoms with Gasteiger partial charge >= 0.3 is 0 Å². The van der Waals surface area contributed by atoms with Crippen molar-refractivity contribution < 1.29 is 14.4 Å². The van der Waals surface area contributed by atoms with E-state index in [9.17, 15) is 14.4 Å². The molecule has 0 radical (unpaired) electrons. The second-order valence-corrected chi connectivity index (χ2v) is 7.72. The summed E-state index contributed by atoms with van der Waals surface area (Å²) in [5, 5.41) is 2.75. The summed E-state index contributed by atoms with van der Waals surface area (Å²) in [6.07, 6.45) is 0. The van der Waals surface area contributed by atoms with Gasteiger partial charge in [-0.05, 0) is 30.0 Å². The van der Waals surface area contributed by atoms with Crippen LogP contribution in [0.3, 0.4) is 0 Å². The van der Waals surface area contributed by atoms with Crippen LogP contribution in [0.25, 0.3) is 0 Å². The van der Waals surface area contributed by atoms with E-state index in [2.05, 4.69) is 26.1 Å².